The van der Waals surface area contributed by atoms with Gasteiger partial charge in [-0.15, -0.1) is 0 Å². The first-order chi connectivity index (χ1) is 11.3. The molecule has 2 fully saturated rings. The summed E-state index contributed by atoms with van der Waals surface area (Å²) < 4.78 is 16.3. The van der Waals surface area contributed by atoms with Gasteiger partial charge in [-0.1, -0.05) is 0 Å². The summed E-state index contributed by atoms with van der Waals surface area (Å²) in [7, 11) is 1.62. The van der Waals surface area contributed by atoms with Crippen LogP contribution in [-0.2, 0) is 14.3 Å². The van der Waals surface area contributed by atoms with E-state index in [1.165, 1.54) is 0 Å². The lowest BCUT2D eigenvalue weighted by Gasteiger charge is -2.22. The lowest BCUT2D eigenvalue weighted by atomic mass is 9.99. The van der Waals surface area contributed by atoms with Crippen molar-refractivity contribution in [3.8, 4) is 5.75 Å². The second-order valence-corrected chi connectivity index (χ2v) is 6.19. The molecule has 0 bridgehead atoms. The molecule has 0 unspecified atom stereocenters. The number of methoxy groups -OCH3 is 1. The van der Waals surface area contributed by atoms with E-state index >= 15 is 0 Å². The van der Waals surface area contributed by atoms with Crippen LogP contribution in [0.3, 0.4) is 0 Å². The average molecular weight is 320 g/mol. The van der Waals surface area contributed by atoms with Gasteiger partial charge >= 0.3 is 0 Å². The summed E-state index contributed by atoms with van der Waals surface area (Å²) in [5.41, 5.74) is 0. The van der Waals surface area contributed by atoms with Gasteiger partial charge in [0.25, 0.3) is 0 Å². The predicted octanol–water partition coefficient (Wildman–Crippen LogP) is 1.36. The number of rotatable bonds is 7. The van der Waals surface area contributed by atoms with Crippen LogP contribution < -0.4 is 4.74 Å². The Morgan fingerprint density at radius 2 is 2.26 bits per heavy atom. The maximum absolute atomic E-state index is 12.2. The van der Waals surface area contributed by atoms with E-state index in [1.807, 2.05) is 17.0 Å². The fourth-order valence-electron chi connectivity index (χ4n) is 3.55. The quantitative estimate of drug-likeness (QED) is 0.710. The number of pyridine rings is 1. The molecule has 6 heteroatoms. The number of likely N-dealkylation sites (tertiary alicyclic amines) is 1. The van der Waals surface area contributed by atoms with Crippen LogP contribution in [0.25, 0.3) is 0 Å². The van der Waals surface area contributed by atoms with Gasteiger partial charge in [0.2, 0.25) is 5.91 Å². The number of hydrogen-bond donors (Lipinski definition) is 0. The van der Waals surface area contributed by atoms with Crippen molar-refractivity contribution in [2.75, 3.05) is 40.0 Å². The Labute approximate surface area is 136 Å². The summed E-state index contributed by atoms with van der Waals surface area (Å²) in [4.78, 5) is 18.2. The van der Waals surface area contributed by atoms with Crippen LogP contribution in [0.4, 0.5) is 0 Å². The Bertz CT molecular complexity index is 511. The molecular weight excluding hydrogens is 296 g/mol. The highest BCUT2D eigenvalue weighted by Crippen LogP contribution is 2.40. The van der Waals surface area contributed by atoms with Crippen molar-refractivity contribution in [1.82, 2.24) is 9.88 Å². The van der Waals surface area contributed by atoms with Crippen molar-refractivity contribution < 1.29 is 19.0 Å². The van der Waals surface area contributed by atoms with Crippen LogP contribution in [0, 0.1) is 11.8 Å². The van der Waals surface area contributed by atoms with Gasteiger partial charge in [0.1, 0.15) is 18.5 Å². The molecule has 1 aliphatic carbocycles. The molecular formula is C17H24N2O4. The maximum Gasteiger partial charge on any atom is 0.248 e. The van der Waals surface area contributed by atoms with Gasteiger partial charge in [-0.3, -0.25) is 9.78 Å². The van der Waals surface area contributed by atoms with Gasteiger partial charge in [0.05, 0.1) is 19.4 Å². The van der Waals surface area contributed by atoms with Crippen LogP contribution in [-0.4, -0.2) is 61.9 Å². The molecule has 0 spiro atoms. The van der Waals surface area contributed by atoms with Gasteiger partial charge in [-0.25, -0.2) is 0 Å². The van der Waals surface area contributed by atoms with Gasteiger partial charge in [-0.05, 0) is 30.9 Å². The number of fused-ring (bicyclic) bond motifs is 1. The Morgan fingerprint density at radius 1 is 1.35 bits per heavy atom. The fourth-order valence-corrected chi connectivity index (χ4v) is 3.55. The highest BCUT2D eigenvalue weighted by Gasteiger charge is 2.45. The molecule has 23 heavy (non-hydrogen) atoms. The van der Waals surface area contributed by atoms with E-state index in [4.69, 9.17) is 14.2 Å². The Morgan fingerprint density at radius 3 is 3.04 bits per heavy atom. The van der Waals surface area contributed by atoms with Crippen LogP contribution in [0.5, 0.6) is 5.75 Å². The number of ether oxygens (including phenoxy) is 3. The molecule has 0 radical (unpaired) electrons. The van der Waals surface area contributed by atoms with E-state index in [0.717, 1.165) is 31.7 Å². The molecule has 2 aliphatic rings. The van der Waals surface area contributed by atoms with Crippen molar-refractivity contribution in [2.24, 2.45) is 11.8 Å². The number of amides is 1. The second-order valence-electron chi connectivity index (χ2n) is 6.19. The Kier molecular flexibility index (Phi) is 5.46. The molecule has 2 heterocycles. The zero-order valence-electron chi connectivity index (χ0n) is 13.5. The molecule has 3 atom stereocenters. The Hall–Kier alpha value is -1.66. The molecule has 1 amide bonds. The van der Waals surface area contributed by atoms with Gasteiger partial charge in [0.15, 0.2) is 0 Å². The summed E-state index contributed by atoms with van der Waals surface area (Å²) in [5, 5.41) is 0. The largest absolute Gasteiger partial charge is 0.488 e. The lowest BCUT2D eigenvalue weighted by molar-refractivity contribution is -0.135. The minimum atomic E-state index is 0.0654. The van der Waals surface area contributed by atoms with Crippen molar-refractivity contribution in [1.29, 1.82) is 0 Å². The van der Waals surface area contributed by atoms with Crippen LogP contribution in [0.2, 0.25) is 0 Å². The molecule has 6 nitrogen and oxygen atoms in total. The monoisotopic (exact) mass is 320 g/mol. The third kappa shape index (κ3) is 4.00. The van der Waals surface area contributed by atoms with Crippen LogP contribution in [0.15, 0.2) is 24.5 Å². The third-order valence-electron chi connectivity index (χ3n) is 4.72. The SMILES string of the molecule is COCCOCC(=O)N1C[C@H]2CC[C@H](Oc3cccnc3)[C@H]2C1. The van der Waals surface area contributed by atoms with Crippen molar-refractivity contribution >= 4 is 5.91 Å². The molecule has 0 aromatic carbocycles. The van der Waals surface area contributed by atoms with Crippen molar-refractivity contribution in [3.05, 3.63) is 24.5 Å². The molecule has 0 N–H and O–H groups in total. The van der Waals surface area contributed by atoms with Crippen molar-refractivity contribution in [3.63, 3.8) is 0 Å². The summed E-state index contributed by atoms with van der Waals surface area (Å²) in [5.74, 6) is 1.83. The first kappa shape index (κ1) is 16.2. The zero-order chi connectivity index (χ0) is 16.1. The highest BCUT2D eigenvalue weighted by atomic mass is 16.5. The smallest absolute Gasteiger partial charge is 0.248 e. The predicted molar refractivity (Wildman–Crippen MR) is 84.1 cm³/mol. The summed E-state index contributed by atoms with van der Waals surface area (Å²) in [6.45, 7) is 2.69. The van der Waals surface area contributed by atoms with Gasteiger partial charge < -0.3 is 19.1 Å². The topological polar surface area (TPSA) is 60.9 Å². The standard InChI is InChI=1S/C17H24N2O4/c1-21-7-8-22-12-17(20)19-10-13-4-5-16(15(13)11-19)23-14-3-2-6-18-9-14/h2-3,6,9,13,15-16H,4-5,7-8,10-12H2,1H3/t13-,15+,16+/m1/s1. The summed E-state index contributed by atoms with van der Waals surface area (Å²) in [6.07, 6.45) is 5.83. The molecule has 1 aromatic rings. The van der Waals surface area contributed by atoms with E-state index in [2.05, 4.69) is 4.98 Å². The van der Waals surface area contributed by atoms with Crippen LogP contribution >= 0.6 is 0 Å². The van der Waals surface area contributed by atoms with E-state index in [1.54, 1.807) is 19.5 Å². The Balaban J connectivity index is 1.49. The minimum absolute atomic E-state index is 0.0654. The zero-order valence-corrected chi connectivity index (χ0v) is 13.5. The molecule has 1 aliphatic heterocycles. The van der Waals surface area contributed by atoms with E-state index < -0.39 is 0 Å². The van der Waals surface area contributed by atoms with Crippen LogP contribution in [0.1, 0.15) is 12.8 Å². The summed E-state index contributed by atoms with van der Waals surface area (Å²) in [6, 6.07) is 3.81. The average Bonchev–Trinajstić information content (AvgIpc) is 3.14. The molecule has 1 saturated heterocycles. The summed E-state index contributed by atoms with van der Waals surface area (Å²) >= 11 is 0. The number of carbonyl (C=O) groups excluding carboxylic acids is 1. The fraction of sp³-hybridized carbons (Fsp3) is 0.647. The minimum Gasteiger partial charge on any atom is -0.488 e. The number of aromatic nitrogens is 1. The highest BCUT2D eigenvalue weighted by molar-refractivity contribution is 5.77. The van der Waals surface area contributed by atoms with E-state index in [-0.39, 0.29) is 18.6 Å². The number of carbonyl (C=O) groups is 1. The second kappa shape index (κ2) is 7.75. The lowest BCUT2D eigenvalue weighted by Crippen LogP contribution is -2.35. The third-order valence-corrected chi connectivity index (χ3v) is 4.72. The first-order valence-corrected chi connectivity index (χ1v) is 8.19. The molecule has 1 saturated carbocycles. The van der Waals surface area contributed by atoms with Gasteiger partial charge in [0, 0.05) is 32.3 Å². The van der Waals surface area contributed by atoms with E-state index in [0.29, 0.717) is 25.0 Å². The van der Waals surface area contributed by atoms with Gasteiger partial charge in [-0.2, -0.15) is 0 Å². The van der Waals surface area contributed by atoms with Crippen molar-refractivity contribution in [2.45, 2.75) is 18.9 Å². The van der Waals surface area contributed by atoms with E-state index in [9.17, 15) is 4.79 Å². The number of hydrogen-bond acceptors (Lipinski definition) is 5. The first-order valence-electron chi connectivity index (χ1n) is 8.19. The normalized spacial score (nSPS) is 26.3. The molecule has 126 valence electrons. The molecule has 1 aromatic heterocycles. The maximum atomic E-state index is 12.2. The number of nitrogens with zero attached hydrogens (tertiary/aromatic N) is 2. The molecule has 3 rings (SSSR count).